The topological polar surface area (TPSA) is 9.23 Å². The summed E-state index contributed by atoms with van der Waals surface area (Å²) in [6, 6.07) is 15.1. The van der Waals surface area contributed by atoms with E-state index in [-0.39, 0.29) is 5.41 Å². The molecule has 2 aromatic carbocycles. The van der Waals surface area contributed by atoms with Gasteiger partial charge in [0, 0.05) is 0 Å². The van der Waals surface area contributed by atoms with Crippen LogP contribution >= 0.6 is 0 Å². The van der Waals surface area contributed by atoms with Gasteiger partial charge in [0.15, 0.2) is 0 Å². The average molecular weight is 296 g/mol. The van der Waals surface area contributed by atoms with E-state index in [1.807, 2.05) is 0 Å². The van der Waals surface area contributed by atoms with Crippen LogP contribution in [0, 0.1) is 6.92 Å². The van der Waals surface area contributed by atoms with Gasteiger partial charge in [0.25, 0.3) is 0 Å². The zero-order chi connectivity index (χ0) is 16.3. The number of ether oxygens (including phenoxy) is 1. The van der Waals surface area contributed by atoms with Gasteiger partial charge in [-0.1, -0.05) is 76.6 Å². The minimum Gasteiger partial charge on any atom is -0.489 e. The normalized spacial score (nSPS) is 11.8. The Balaban J connectivity index is 2.17. The number of hydrogen-bond donors (Lipinski definition) is 0. The second-order valence-corrected chi connectivity index (χ2v) is 7.44. The maximum absolute atomic E-state index is 6.11. The second-order valence-electron chi connectivity index (χ2n) is 7.44. The Morgan fingerprint density at radius 1 is 1.00 bits per heavy atom. The molecule has 0 fully saturated rings. The van der Waals surface area contributed by atoms with Crippen LogP contribution in [0.4, 0.5) is 0 Å². The van der Waals surface area contributed by atoms with Crippen LogP contribution in [-0.2, 0) is 12.0 Å². The SMILES string of the molecule is Cc1ccc(OCc2cccc(C(C)(C)C)c2)c(C(C)C)c1. The van der Waals surface area contributed by atoms with Crippen molar-refractivity contribution in [2.45, 2.75) is 59.5 Å². The van der Waals surface area contributed by atoms with Crippen molar-refractivity contribution in [3.05, 3.63) is 64.7 Å². The van der Waals surface area contributed by atoms with Crippen molar-refractivity contribution in [1.82, 2.24) is 0 Å². The Morgan fingerprint density at radius 3 is 2.36 bits per heavy atom. The lowest BCUT2D eigenvalue weighted by molar-refractivity contribution is 0.301. The molecule has 0 saturated carbocycles. The van der Waals surface area contributed by atoms with Crippen molar-refractivity contribution < 1.29 is 4.74 Å². The van der Waals surface area contributed by atoms with Gasteiger partial charge in [-0.2, -0.15) is 0 Å². The highest BCUT2D eigenvalue weighted by atomic mass is 16.5. The van der Waals surface area contributed by atoms with E-state index in [0.717, 1.165) is 5.75 Å². The zero-order valence-corrected chi connectivity index (χ0v) is 14.7. The lowest BCUT2D eigenvalue weighted by Crippen LogP contribution is -2.11. The molecule has 0 spiro atoms. The van der Waals surface area contributed by atoms with Crippen molar-refractivity contribution >= 4 is 0 Å². The molecular formula is C21H28O. The van der Waals surface area contributed by atoms with Crippen LogP contribution < -0.4 is 4.74 Å². The monoisotopic (exact) mass is 296 g/mol. The van der Waals surface area contributed by atoms with E-state index in [1.165, 1.54) is 22.3 Å². The third kappa shape index (κ3) is 4.13. The third-order valence-corrected chi connectivity index (χ3v) is 3.97. The van der Waals surface area contributed by atoms with Gasteiger partial charge in [-0.05, 0) is 41.0 Å². The molecule has 118 valence electrons. The molecule has 1 nitrogen and oxygen atoms in total. The molecule has 0 aliphatic rings. The zero-order valence-electron chi connectivity index (χ0n) is 14.7. The van der Waals surface area contributed by atoms with Gasteiger partial charge >= 0.3 is 0 Å². The molecule has 0 unspecified atom stereocenters. The summed E-state index contributed by atoms with van der Waals surface area (Å²) in [5.41, 5.74) is 5.31. The second kappa shape index (κ2) is 6.56. The molecule has 0 atom stereocenters. The molecule has 0 radical (unpaired) electrons. The predicted octanol–water partition coefficient (Wildman–Crippen LogP) is 5.99. The first-order chi connectivity index (χ1) is 10.3. The van der Waals surface area contributed by atoms with Crippen LogP contribution in [0.15, 0.2) is 42.5 Å². The van der Waals surface area contributed by atoms with Crippen molar-refractivity contribution in [2.24, 2.45) is 0 Å². The van der Waals surface area contributed by atoms with Gasteiger partial charge in [0.2, 0.25) is 0 Å². The minimum absolute atomic E-state index is 0.170. The van der Waals surface area contributed by atoms with Crippen LogP contribution in [0.1, 0.15) is 62.8 Å². The van der Waals surface area contributed by atoms with Crippen LogP contribution in [0.25, 0.3) is 0 Å². The molecule has 22 heavy (non-hydrogen) atoms. The standard InChI is InChI=1S/C21H28O/c1-15(2)19-12-16(3)10-11-20(19)22-14-17-8-7-9-18(13-17)21(4,5)6/h7-13,15H,14H2,1-6H3. The summed E-state index contributed by atoms with van der Waals surface area (Å²) in [7, 11) is 0. The Bertz CT molecular complexity index is 633. The minimum atomic E-state index is 0.170. The van der Waals surface area contributed by atoms with E-state index >= 15 is 0 Å². The number of aryl methyl sites for hydroxylation is 1. The fourth-order valence-electron chi connectivity index (χ4n) is 2.54. The van der Waals surface area contributed by atoms with E-state index < -0.39 is 0 Å². The van der Waals surface area contributed by atoms with E-state index in [2.05, 4.69) is 84.0 Å². The van der Waals surface area contributed by atoms with Crippen LogP contribution in [0.2, 0.25) is 0 Å². The first kappa shape index (κ1) is 16.6. The highest BCUT2D eigenvalue weighted by molar-refractivity contribution is 5.39. The van der Waals surface area contributed by atoms with Gasteiger partial charge < -0.3 is 4.74 Å². The summed E-state index contributed by atoms with van der Waals surface area (Å²) in [6.07, 6.45) is 0. The molecule has 0 aliphatic carbocycles. The highest BCUT2D eigenvalue weighted by Crippen LogP contribution is 2.29. The average Bonchev–Trinajstić information content (AvgIpc) is 2.45. The van der Waals surface area contributed by atoms with Gasteiger partial charge in [-0.15, -0.1) is 0 Å². The maximum Gasteiger partial charge on any atom is 0.123 e. The first-order valence-electron chi connectivity index (χ1n) is 8.10. The van der Waals surface area contributed by atoms with Crippen molar-refractivity contribution in [3.8, 4) is 5.75 Å². The molecule has 0 bridgehead atoms. The van der Waals surface area contributed by atoms with Gasteiger partial charge in [-0.25, -0.2) is 0 Å². The van der Waals surface area contributed by atoms with Gasteiger partial charge in [-0.3, -0.25) is 0 Å². The lowest BCUT2D eigenvalue weighted by Gasteiger charge is -2.20. The molecule has 2 aromatic rings. The van der Waals surface area contributed by atoms with Crippen molar-refractivity contribution in [3.63, 3.8) is 0 Å². The van der Waals surface area contributed by atoms with Crippen LogP contribution in [-0.4, -0.2) is 0 Å². The molecular weight excluding hydrogens is 268 g/mol. The largest absolute Gasteiger partial charge is 0.489 e. The fourth-order valence-corrected chi connectivity index (χ4v) is 2.54. The molecule has 0 aromatic heterocycles. The Hall–Kier alpha value is -1.76. The van der Waals surface area contributed by atoms with E-state index in [1.54, 1.807) is 0 Å². The molecule has 0 aliphatic heterocycles. The molecule has 0 heterocycles. The van der Waals surface area contributed by atoms with Crippen LogP contribution in [0.3, 0.4) is 0 Å². The molecule has 0 saturated heterocycles. The summed E-state index contributed by atoms with van der Waals surface area (Å²) in [6.45, 7) is 13.9. The number of rotatable bonds is 4. The van der Waals surface area contributed by atoms with Crippen molar-refractivity contribution in [1.29, 1.82) is 0 Å². The number of benzene rings is 2. The molecule has 1 heteroatoms. The predicted molar refractivity (Wildman–Crippen MR) is 94.7 cm³/mol. The third-order valence-electron chi connectivity index (χ3n) is 3.97. The summed E-state index contributed by atoms with van der Waals surface area (Å²) < 4.78 is 6.11. The smallest absolute Gasteiger partial charge is 0.123 e. The molecule has 0 N–H and O–H groups in total. The summed E-state index contributed by atoms with van der Waals surface area (Å²) in [5, 5.41) is 0. The van der Waals surface area contributed by atoms with E-state index in [4.69, 9.17) is 4.74 Å². The van der Waals surface area contributed by atoms with Gasteiger partial charge in [0.1, 0.15) is 12.4 Å². The molecule has 0 amide bonds. The Morgan fingerprint density at radius 2 is 1.73 bits per heavy atom. The molecule has 2 rings (SSSR count). The lowest BCUT2D eigenvalue weighted by atomic mass is 9.86. The maximum atomic E-state index is 6.11. The Labute approximate surface area is 135 Å². The van der Waals surface area contributed by atoms with E-state index in [9.17, 15) is 0 Å². The van der Waals surface area contributed by atoms with Gasteiger partial charge in [0.05, 0.1) is 0 Å². The van der Waals surface area contributed by atoms with Crippen molar-refractivity contribution in [2.75, 3.05) is 0 Å². The fraction of sp³-hybridized carbons (Fsp3) is 0.429. The summed E-state index contributed by atoms with van der Waals surface area (Å²) in [4.78, 5) is 0. The van der Waals surface area contributed by atoms with E-state index in [0.29, 0.717) is 12.5 Å². The summed E-state index contributed by atoms with van der Waals surface area (Å²) >= 11 is 0. The Kier molecular flexibility index (Phi) is 4.95. The number of hydrogen-bond acceptors (Lipinski definition) is 1. The van der Waals surface area contributed by atoms with Crippen LogP contribution in [0.5, 0.6) is 5.75 Å². The summed E-state index contributed by atoms with van der Waals surface area (Å²) in [5.74, 6) is 1.47. The quantitative estimate of drug-likeness (QED) is 0.673. The highest BCUT2D eigenvalue weighted by Gasteiger charge is 2.14. The first-order valence-corrected chi connectivity index (χ1v) is 8.10.